The second-order valence-electron chi connectivity index (χ2n) is 14.8. The zero-order chi connectivity index (χ0) is 38.2. The number of thiophene rings is 1. The second-order valence-corrected chi connectivity index (χ2v) is 15.8. The van der Waals surface area contributed by atoms with Gasteiger partial charge in [0.15, 0.2) is 5.82 Å². The maximum absolute atomic E-state index is 5.44. The Bertz CT molecular complexity index is 3530. The van der Waals surface area contributed by atoms with Crippen molar-refractivity contribution in [1.29, 1.82) is 0 Å². The number of aromatic nitrogens is 4. The summed E-state index contributed by atoms with van der Waals surface area (Å²) in [5.41, 5.74) is 11.2. The summed E-state index contributed by atoms with van der Waals surface area (Å²) in [4.78, 5) is 15.9. The fourth-order valence-electron chi connectivity index (χ4n) is 8.73. The molecule has 0 unspecified atom stereocenters. The van der Waals surface area contributed by atoms with Crippen molar-refractivity contribution in [3.8, 4) is 50.8 Å². The fourth-order valence-corrected chi connectivity index (χ4v) is 9.95. The van der Waals surface area contributed by atoms with E-state index in [1.807, 2.05) is 29.5 Å². The van der Waals surface area contributed by atoms with Gasteiger partial charge in [-0.25, -0.2) is 15.0 Å². The van der Waals surface area contributed by atoms with Gasteiger partial charge in [0.2, 0.25) is 0 Å². The molecule has 4 nitrogen and oxygen atoms in total. The number of para-hydroxylation sites is 2. The highest BCUT2D eigenvalue weighted by Gasteiger charge is 2.19. The molecule has 0 saturated heterocycles. The van der Waals surface area contributed by atoms with E-state index in [2.05, 4.69) is 180 Å². The fraction of sp³-hybridized carbons (Fsp3) is 0. The first-order valence-electron chi connectivity index (χ1n) is 19.5. The third-order valence-corrected chi connectivity index (χ3v) is 12.5. The standard InChI is InChI=1S/C53H32N4S/c1-2-15-34(16-3-1)53-55-44(32-45(56-53)36-18-13-20-38(31-36)57-46-25-9-6-22-40(46)41-23-7-10-26-47(41)57)35-17-12-19-37(30-35)51-52-50(42-24-8-11-27-48(42)58-52)49-39-21-5-4-14-33(39)28-29-43(49)54-51/h1-32H. The van der Waals surface area contributed by atoms with Crippen LogP contribution in [0.1, 0.15) is 0 Å². The maximum atomic E-state index is 5.44. The van der Waals surface area contributed by atoms with Crippen LogP contribution in [-0.4, -0.2) is 19.5 Å². The number of fused-ring (bicyclic) bond motifs is 10. The molecule has 0 aliphatic heterocycles. The van der Waals surface area contributed by atoms with E-state index in [1.54, 1.807) is 0 Å². The van der Waals surface area contributed by atoms with Crippen LogP contribution in [0.25, 0.3) is 115 Å². The summed E-state index contributed by atoms with van der Waals surface area (Å²) in [5, 5.41) is 8.66. The average Bonchev–Trinajstić information content (AvgIpc) is 3.85. The van der Waals surface area contributed by atoms with Gasteiger partial charge in [0.1, 0.15) is 0 Å². The number of hydrogen-bond donors (Lipinski definition) is 0. The Morgan fingerprint density at radius 3 is 1.78 bits per heavy atom. The quantitative estimate of drug-likeness (QED) is 0.164. The van der Waals surface area contributed by atoms with Gasteiger partial charge in [-0.3, -0.25) is 0 Å². The van der Waals surface area contributed by atoms with E-state index >= 15 is 0 Å². The van der Waals surface area contributed by atoms with E-state index in [1.165, 1.54) is 58.1 Å². The molecular weight excluding hydrogens is 725 g/mol. The molecular formula is C53H32N4S. The van der Waals surface area contributed by atoms with Crippen molar-refractivity contribution in [3.05, 3.63) is 194 Å². The molecule has 0 fully saturated rings. The number of nitrogens with zero attached hydrogens (tertiary/aromatic N) is 4. The summed E-state index contributed by atoms with van der Waals surface area (Å²) >= 11 is 1.82. The third kappa shape index (κ3) is 5.18. The summed E-state index contributed by atoms with van der Waals surface area (Å²) in [5.74, 6) is 0.684. The minimum Gasteiger partial charge on any atom is -0.309 e. The molecule has 0 amide bonds. The first-order chi connectivity index (χ1) is 28.7. The SMILES string of the molecule is c1ccc(-c2nc(-c3cccc(-c4nc5ccc6ccccc6c5c5c4sc4ccccc45)c3)cc(-c3cccc(-n4c5ccccc5c5ccccc54)c3)n2)cc1. The molecule has 0 atom stereocenters. The lowest BCUT2D eigenvalue weighted by atomic mass is 9.97. The molecule has 0 N–H and O–H groups in total. The predicted octanol–water partition coefficient (Wildman–Crippen LogP) is 14.3. The minimum absolute atomic E-state index is 0.684. The molecule has 4 aromatic heterocycles. The van der Waals surface area contributed by atoms with E-state index in [-0.39, 0.29) is 0 Å². The molecule has 0 aliphatic rings. The Morgan fingerprint density at radius 1 is 0.397 bits per heavy atom. The van der Waals surface area contributed by atoms with Crippen molar-refractivity contribution in [2.75, 3.05) is 0 Å². The van der Waals surface area contributed by atoms with E-state index in [0.717, 1.165) is 50.5 Å². The van der Waals surface area contributed by atoms with Crippen molar-refractivity contribution in [2.24, 2.45) is 0 Å². The Balaban J connectivity index is 1.05. The van der Waals surface area contributed by atoms with Crippen molar-refractivity contribution < 1.29 is 0 Å². The van der Waals surface area contributed by atoms with Crippen LogP contribution in [0.3, 0.4) is 0 Å². The third-order valence-electron chi connectivity index (χ3n) is 11.4. The second kappa shape index (κ2) is 13.1. The van der Waals surface area contributed by atoms with Gasteiger partial charge < -0.3 is 4.57 Å². The van der Waals surface area contributed by atoms with Crippen LogP contribution >= 0.6 is 11.3 Å². The highest BCUT2D eigenvalue weighted by molar-refractivity contribution is 7.26. The van der Waals surface area contributed by atoms with Crippen molar-refractivity contribution in [3.63, 3.8) is 0 Å². The summed E-state index contributed by atoms with van der Waals surface area (Å²) in [7, 11) is 0. The van der Waals surface area contributed by atoms with E-state index < -0.39 is 0 Å². The first kappa shape index (κ1) is 32.7. The van der Waals surface area contributed by atoms with Gasteiger partial charge in [0, 0.05) is 59.6 Å². The predicted molar refractivity (Wildman–Crippen MR) is 244 cm³/mol. The molecule has 58 heavy (non-hydrogen) atoms. The number of rotatable bonds is 5. The van der Waals surface area contributed by atoms with Crippen LogP contribution in [0.4, 0.5) is 0 Å². The highest BCUT2D eigenvalue weighted by Crippen LogP contribution is 2.45. The lowest BCUT2D eigenvalue weighted by molar-refractivity contribution is 1.16. The molecule has 0 aliphatic carbocycles. The minimum atomic E-state index is 0.684. The first-order valence-corrected chi connectivity index (χ1v) is 20.3. The Kier molecular flexibility index (Phi) is 7.37. The van der Waals surface area contributed by atoms with Gasteiger partial charge in [0.25, 0.3) is 0 Å². The van der Waals surface area contributed by atoms with E-state index in [9.17, 15) is 0 Å². The summed E-state index contributed by atoms with van der Waals surface area (Å²) in [6.45, 7) is 0. The smallest absolute Gasteiger partial charge is 0.160 e. The van der Waals surface area contributed by atoms with Crippen LogP contribution in [0, 0.1) is 0 Å². The van der Waals surface area contributed by atoms with Crippen LogP contribution in [-0.2, 0) is 0 Å². The molecule has 12 rings (SSSR count). The van der Waals surface area contributed by atoms with Crippen molar-refractivity contribution in [2.45, 2.75) is 0 Å². The lowest BCUT2D eigenvalue weighted by Crippen LogP contribution is -1.98. The van der Waals surface area contributed by atoms with Gasteiger partial charge in [0.05, 0.1) is 38.3 Å². The summed E-state index contributed by atoms with van der Waals surface area (Å²) in [6.07, 6.45) is 0. The lowest BCUT2D eigenvalue weighted by Gasteiger charge is -2.13. The Morgan fingerprint density at radius 2 is 1.00 bits per heavy atom. The summed E-state index contributed by atoms with van der Waals surface area (Å²) < 4.78 is 4.80. The molecule has 270 valence electrons. The molecule has 0 bridgehead atoms. The maximum Gasteiger partial charge on any atom is 0.160 e. The molecule has 5 heteroatoms. The number of benzene rings is 8. The molecule has 12 aromatic rings. The normalized spacial score (nSPS) is 11.8. The van der Waals surface area contributed by atoms with E-state index in [0.29, 0.717) is 5.82 Å². The summed E-state index contributed by atoms with van der Waals surface area (Å²) in [6, 6.07) is 68.8. The monoisotopic (exact) mass is 756 g/mol. The Labute approximate surface area is 338 Å². The topological polar surface area (TPSA) is 43.6 Å². The zero-order valence-electron chi connectivity index (χ0n) is 31.2. The van der Waals surface area contributed by atoms with Gasteiger partial charge in [-0.15, -0.1) is 11.3 Å². The van der Waals surface area contributed by atoms with Gasteiger partial charge >= 0.3 is 0 Å². The molecule has 8 aromatic carbocycles. The van der Waals surface area contributed by atoms with Gasteiger partial charge in [-0.1, -0.05) is 146 Å². The number of pyridine rings is 1. The Hall–Kier alpha value is -7.47. The van der Waals surface area contributed by atoms with Crippen molar-refractivity contribution in [1.82, 2.24) is 19.5 Å². The zero-order valence-corrected chi connectivity index (χ0v) is 32.0. The molecule has 0 radical (unpaired) electrons. The highest BCUT2D eigenvalue weighted by atomic mass is 32.1. The van der Waals surface area contributed by atoms with Crippen LogP contribution in [0.5, 0.6) is 0 Å². The van der Waals surface area contributed by atoms with Crippen LogP contribution in [0.15, 0.2) is 194 Å². The van der Waals surface area contributed by atoms with E-state index in [4.69, 9.17) is 15.0 Å². The van der Waals surface area contributed by atoms with Crippen LogP contribution < -0.4 is 0 Å². The van der Waals surface area contributed by atoms with Crippen molar-refractivity contribution >= 4 is 75.0 Å². The van der Waals surface area contributed by atoms with Crippen LogP contribution in [0.2, 0.25) is 0 Å². The number of hydrogen-bond acceptors (Lipinski definition) is 4. The average molecular weight is 757 g/mol. The van der Waals surface area contributed by atoms with Gasteiger partial charge in [-0.05, 0) is 59.3 Å². The molecule has 0 saturated carbocycles. The molecule has 0 spiro atoms. The van der Waals surface area contributed by atoms with Gasteiger partial charge in [-0.2, -0.15) is 0 Å². The largest absolute Gasteiger partial charge is 0.309 e. The molecule has 4 heterocycles.